The average Bonchev–Trinajstić information content (AvgIpc) is 2.85. The molecule has 1 unspecified atom stereocenters. The molecule has 96 valence electrons. The van der Waals surface area contributed by atoms with Crippen molar-refractivity contribution in [1.82, 2.24) is 14.5 Å². The third-order valence-corrected chi connectivity index (χ3v) is 3.29. The molecule has 1 aromatic carbocycles. The first-order chi connectivity index (χ1) is 9.31. The zero-order chi connectivity index (χ0) is 13.2. The summed E-state index contributed by atoms with van der Waals surface area (Å²) in [6.07, 6.45) is 1.79. The molecular weight excluding hydrogens is 236 g/mol. The van der Waals surface area contributed by atoms with Crippen LogP contribution in [0.2, 0.25) is 0 Å². The Labute approximate surface area is 111 Å². The van der Waals surface area contributed by atoms with Gasteiger partial charge in [-0.25, -0.2) is 9.97 Å². The minimum atomic E-state index is -0.227. The van der Waals surface area contributed by atoms with Crippen molar-refractivity contribution in [3.63, 3.8) is 0 Å². The molecule has 4 nitrogen and oxygen atoms in total. The molecular formula is C15H16N4. The molecule has 4 heteroatoms. The Hall–Kier alpha value is -2.20. The minimum Gasteiger partial charge on any atom is -0.318 e. The molecule has 19 heavy (non-hydrogen) atoms. The van der Waals surface area contributed by atoms with Crippen molar-refractivity contribution >= 4 is 11.2 Å². The second-order valence-corrected chi connectivity index (χ2v) is 4.45. The zero-order valence-electron chi connectivity index (χ0n) is 10.8. The number of fused-ring (bicyclic) bond motifs is 1. The summed E-state index contributed by atoms with van der Waals surface area (Å²) < 4.78 is 2.08. The normalized spacial score (nSPS) is 12.7. The standard InChI is InChI=1S/C15H16N4/c1-2-19-14-12(9-6-10-17-14)18-15(19)13(16)11-7-4-3-5-8-11/h3-10,13H,2,16H2,1H3. The van der Waals surface area contributed by atoms with Crippen LogP contribution in [-0.2, 0) is 6.54 Å². The molecule has 2 heterocycles. The number of benzene rings is 1. The largest absolute Gasteiger partial charge is 0.318 e. The van der Waals surface area contributed by atoms with Gasteiger partial charge < -0.3 is 10.3 Å². The summed E-state index contributed by atoms with van der Waals surface area (Å²) in [6, 6.07) is 13.7. The minimum absolute atomic E-state index is 0.227. The summed E-state index contributed by atoms with van der Waals surface area (Å²) in [5.41, 5.74) is 9.20. The lowest BCUT2D eigenvalue weighted by molar-refractivity contribution is 0.667. The van der Waals surface area contributed by atoms with Gasteiger partial charge in [-0.2, -0.15) is 0 Å². The summed E-state index contributed by atoms with van der Waals surface area (Å²) in [4.78, 5) is 9.03. The van der Waals surface area contributed by atoms with Gasteiger partial charge in [-0.15, -0.1) is 0 Å². The molecule has 0 aliphatic heterocycles. The van der Waals surface area contributed by atoms with Crippen LogP contribution in [0, 0.1) is 0 Å². The average molecular weight is 252 g/mol. The van der Waals surface area contributed by atoms with Gasteiger partial charge in [0.25, 0.3) is 0 Å². The van der Waals surface area contributed by atoms with Crippen LogP contribution in [0.5, 0.6) is 0 Å². The van der Waals surface area contributed by atoms with E-state index in [0.29, 0.717) is 0 Å². The van der Waals surface area contributed by atoms with Crippen LogP contribution >= 0.6 is 0 Å². The lowest BCUT2D eigenvalue weighted by Crippen LogP contribution is -2.17. The van der Waals surface area contributed by atoms with Crippen molar-refractivity contribution in [2.75, 3.05) is 0 Å². The summed E-state index contributed by atoms with van der Waals surface area (Å²) in [7, 11) is 0. The Bertz CT molecular complexity index is 688. The van der Waals surface area contributed by atoms with E-state index < -0.39 is 0 Å². The Morgan fingerprint density at radius 3 is 2.68 bits per heavy atom. The molecule has 0 aliphatic carbocycles. The van der Waals surface area contributed by atoms with Gasteiger partial charge in [0.05, 0.1) is 6.04 Å². The van der Waals surface area contributed by atoms with Crippen molar-refractivity contribution < 1.29 is 0 Å². The first-order valence-corrected chi connectivity index (χ1v) is 6.43. The first-order valence-electron chi connectivity index (χ1n) is 6.43. The molecule has 0 saturated heterocycles. The number of nitrogens with zero attached hydrogens (tertiary/aromatic N) is 3. The molecule has 0 aliphatic rings. The van der Waals surface area contributed by atoms with Crippen LogP contribution in [0.4, 0.5) is 0 Å². The summed E-state index contributed by atoms with van der Waals surface area (Å²) in [6.45, 7) is 2.89. The van der Waals surface area contributed by atoms with E-state index >= 15 is 0 Å². The predicted molar refractivity (Wildman–Crippen MR) is 75.7 cm³/mol. The van der Waals surface area contributed by atoms with Crippen LogP contribution in [0.25, 0.3) is 11.2 Å². The summed E-state index contributed by atoms with van der Waals surface area (Å²) >= 11 is 0. The topological polar surface area (TPSA) is 56.7 Å². The molecule has 0 amide bonds. The summed E-state index contributed by atoms with van der Waals surface area (Å²) in [5.74, 6) is 0.863. The maximum atomic E-state index is 6.35. The van der Waals surface area contributed by atoms with Crippen LogP contribution < -0.4 is 5.73 Å². The fourth-order valence-corrected chi connectivity index (χ4v) is 2.33. The Balaban J connectivity index is 2.14. The van der Waals surface area contributed by atoms with Gasteiger partial charge in [0.2, 0.25) is 0 Å². The van der Waals surface area contributed by atoms with Gasteiger partial charge in [0.1, 0.15) is 11.3 Å². The van der Waals surface area contributed by atoms with E-state index in [9.17, 15) is 0 Å². The van der Waals surface area contributed by atoms with Crippen molar-refractivity contribution in [3.05, 3.63) is 60.0 Å². The predicted octanol–water partition coefficient (Wildman–Crippen LogP) is 2.50. The maximum absolute atomic E-state index is 6.35. The quantitative estimate of drug-likeness (QED) is 0.779. The third kappa shape index (κ3) is 2.00. The highest BCUT2D eigenvalue weighted by atomic mass is 15.1. The fraction of sp³-hybridized carbons (Fsp3) is 0.200. The molecule has 0 radical (unpaired) electrons. The molecule has 3 rings (SSSR count). The summed E-state index contributed by atoms with van der Waals surface area (Å²) in [5, 5.41) is 0. The number of imidazole rings is 1. The zero-order valence-corrected chi connectivity index (χ0v) is 10.8. The number of pyridine rings is 1. The monoisotopic (exact) mass is 252 g/mol. The number of aryl methyl sites for hydroxylation is 1. The molecule has 2 aromatic heterocycles. The van der Waals surface area contributed by atoms with Gasteiger partial charge in [0, 0.05) is 12.7 Å². The highest BCUT2D eigenvalue weighted by Gasteiger charge is 2.17. The molecule has 2 N–H and O–H groups in total. The van der Waals surface area contributed by atoms with Gasteiger partial charge in [0.15, 0.2) is 5.65 Å². The smallest absolute Gasteiger partial charge is 0.160 e. The number of rotatable bonds is 3. The van der Waals surface area contributed by atoms with E-state index in [-0.39, 0.29) is 6.04 Å². The van der Waals surface area contributed by atoms with Crippen LogP contribution in [0.3, 0.4) is 0 Å². The van der Waals surface area contributed by atoms with E-state index in [1.165, 1.54) is 0 Å². The molecule has 0 saturated carbocycles. The fourth-order valence-electron chi connectivity index (χ4n) is 2.33. The lowest BCUT2D eigenvalue weighted by Gasteiger charge is -2.13. The SMILES string of the molecule is CCn1c(C(N)c2ccccc2)nc2cccnc21. The maximum Gasteiger partial charge on any atom is 0.160 e. The van der Waals surface area contributed by atoms with Crippen LogP contribution in [0.1, 0.15) is 24.4 Å². The van der Waals surface area contributed by atoms with E-state index in [1.54, 1.807) is 6.20 Å². The van der Waals surface area contributed by atoms with Crippen LogP contribution in [-0.4, -0.2) is 14.5 Å². The van der Waals surface area contributed by atoms with Gasteiger partial charge in [-0.1, -0.05) is 30.3 Å². The first kappa shape index (κ1) is 11.9. The van der Waals surface area contributed by atoms with Crippen molar-refractivity contribution in [2.24, 2.45) is 5.73 Å². The lowest BCUT2D eigenvalue weighted by atomic mass is 10.1. The second kappa shape index (κ2) is 4.82. The number of aromatic nitrogens is 3. The van der Waals surface area contributed by atoms with Gasteiger partial charge in [-0.05, 0) is 24.6 Å². The van der Waals surface area contributed by atoms with E-state index in [4.69, 9.17) is 5.73 Å². The molecule has 0 bridgehead atoms. The van der Waals surface area contributed by atoms with E-state index in [2.05, 4.69) is 21.5 Å². The van der Waals surface area contributed by atoms with Gasteiger partial charge in [-0.3, -0.25) is 0 Å². The number of hydrogen-bond donors (Lipinski definition) is 1. The number of nitrogens with two attached hydrogens (primary N) is 1. The van der Waals surface area contributed by atoms with Crippen LogP contribution in [0.15, 0.2) is 48.7 Å². The number of hydrogen-bond acceptors (Lipinski definition) is 3. The van der Waals surface area contributed by atoms with Crippen molar-refractivity contribution in [3.8, 4) is 0 Å². The highest BCUT2D eigenvalue weighted by Crippen LogP contribution is 2.22. The van der Waals surface area contributed by atoms with Gasteiger partial charge >= 0.3 is 0 Å². The Kier molecular flexibility index (Phi) is 3.01. The van der Waals surface area contributed by atoms with Crippen molar-refractivity contribution in [2.45, 2.75) is 19.5 Å². The highest BCUT2D eigenvalue weighted by molar-refractivity contribution is 5.71. The van der Waals surface area contributed by atoms with E-state index in [1.807, 2.05) is 42.5 Å². The third-order valence-electron chi connectivity index (χ3n) is 3.29. The molecule has 0 fully saturated rings. The molecule has 3 aromatic rings. The molecule has 1 atom stereocenters. The second-order valence-electron chi connectivity index (χ2n) is 4.45. The van der Waals surface area contributed by atoms with E-state index in [0.717, 1.165) is 29.1 Å². The van der Waals surface area contributed by atoms with Crippen molar-refractivity contribution in [1.29, 1.82) is 0 Å². The molecule has 0 spiro atoms. The Morgan fingerprint density at radius 2 is 1.95 bits per heavy atom. The Morgan fingerprint density at radius 1 is 1.16 bits per heavy atom.